The number of thiophene rings is 1. The van der Waals surface area contributed by atoms with Gasteiger partial charge in [-0.15, -0.1) is 11.3 Å². The Kier molecular flexibility index (Phi) is 2.74. The van der Waals surface area contributed by atoms with Gasteiger partial charge in [0.05, 0.1) is 9.70 Å². The van der Waals surface area contributed by atoms with Crippen molar-refractivity contribution in [3.05, 3.63) is 15.8 Å². The van der Waals surface area contributed by atoms with Crippen molar-refractivity contribution in [2.45, 2.75) is 22.6 Å². The van der Waals surface area contributed by atoms with Crippen molar-refractivity contribution in [1.29, 1.82) is 0 Å². The average molecular weight is 311 g/mol. The minimum atomic E-state index is -4.20. The van der Waals surface area contributed by atoms with E-state index in [0.717, 1.165) is 11.3 Å². The number of halogens is 1. The van der Waals surface area contributed by atoms with Crippen LogP contribution in [0.25, 0.3) is 0 Å². The van der Waals surface area contributed by atoms with Crippen LogP contribution in [-0.2, 0) is 16.5 Å². The highest BCUT2D eigenvalue weighted by molar-refractivity contribution is 9.10. The van der Waals surface area contributed by atoms with Crippen molar-refractivity contribution in [1.82, 2.24) is 0 Å². The molecule has 1 aromatic heterocycles. The lowest BCUT2D eigenvalue weighted by molar-refractivity contribution is 0.0985. The largest absolute Gasteiger partial charge is 0.295 e. The van der Waals surface area contributed by atoms with Crippen LogP contribution in [0.3, 0.4) is 0 Å². The third-order valence-electron chi connectivity index (χ3n) is 2.29. The number of carbonyl (C=O) groups excluding carboxylic acids is 1. The first kappa shape index (κ1) is 11.3. The molecule has 82 valence electrons. The summed E-state index contributed by atoms with van der Waals surface area (Å²) in [6.45, 7) is 0. The van der Waals surface area contributed by atoms with Gasteiger partial charge in [-0.3, -0.25) is 9.35 Å². The topological polar surface area (TPSA) is 71.4 Å². The molecule has 1 aromatic rings. The van der Waals surface area contributed by atoms with E-state index < -0.39 is 10.1 Å². The van der Waals surface area contributed by atoms with Crippen molar-refractivity contribution >= 4 is 43.2 Å². The van der Waals surface area contributed by atoms with E-state index in [1.165, 1.54) is 5.38 Å². The summed E-state index contributed by atoms with van der Waals surface area (Å²) in [7, 11) is -4.20. The summed E-state index contributed by atoms with van der Waals surface area (Å²) in [6, 6.07) is 0. The normalized spacial score (nSPS) is 21.5. The third-order valence-corrected chi connectivity index (χ3v) is 5.27. The Bertz CT molecular complexity index is 517. The molecule has 0 aliphatic heterocycles. The van der Waals surface area contributed by atoms with E-state index >= 15 is 0 Å². The van der Waals surface area contributed by atoms with Crippen LogP contribution >= 0.6 is 27.3 Å². The van der Waals surface area contributed by atoms with Crippen LogP contribution in [0.15, 0.2) is 10.3 Å². The number of hydrogen-bond donors (Lipinski definition) is 1. The highest BCUT2D eigenvalue weighted by Gasteiger charge is 2.31. The van der Waals surface area contributed by atoms with Gasteiger partial charge in [0.25, 0.3) is 10.1 Å². The fraction of sp³-hybridized carbons (Fsp3) is 0.375. The van der Waals surface area contributed by atoms with Gasteiger partial charge >= 0.3 is 0 Å². The van der Waals surface area contributed by atoms with Crippen LogP contribution in [-0.4, -0.2) is 23.6 Å². The van der Waals surface area contributed by atoms with Gasteiger partial charge in [-0.1, -0.05) is 15.9 Å². The van der Waals surface area contributed by atoms with E-state index in [-0.39, 0.29) is 15.5 Å². The summed E-state index contributed by atoms with van der Waals surface area (Å²) in [5.41, 5.74) is 0.461. The summed E-state index contributed by atoms with van der Waals surface area (Å²) in [6.07, 6.45) is 1.06. The smallest absolute Gasteiger partial charge is 0.292 e. The number of alkyl halides is 1. The zero-order valence-corrected chi connectivity index (χ0v) is 10.7. The Balaban J connectivity index is 2.59. The van der Waals surface area contributed by atoms with Crippen LogP contribution in [0, 0.1) is 0 Å². The van der Waals surface area contributed by atoms with Crippen molar-refractivity contribution in [2.24, 2.45) is 0 Å². The molecular weight excluding hydrogens is 304 g/mol. The van der Waals surface area contributed by atoms with Crippen molar-refractivity contribution < 1.29 is 17.8 Å². The van der Waals surface area contributed by atoms with Crippen molar-refractivity contribution in [2.75, 3.05) is 0 Å². The lowest BCUT2D eigenvalue weighted by atomic mass is 9.98. The lowest BCUT2D eigenvalue weighted by Gasteiger charge is -2.15. The Morgan fingerprint density at radius 1 is 1.53 bits per heavy atom. The zero-order valence-electron chi connectivity index (χ0n) is 7.44. The Labute approximate surface area is 99.2 Å². The summed E-state index contributed by atoms with van der Waals surface area (Å²) in [5, 5.41) is 1.32. The molecule has 1 N–H and O–H groups in total. The first-order chi connectivity index (χ1) is 6.91. The Morgan fingerprint density at radius 3 is 2.80 bits per heavy atom. The van der Waals surface area contributed by atoms with E-state index in [1.807, 2.05) is 0 Å². The van der Waals surface area contributed by atoms with Gasteiger partial charge in [0.15, 0.2) is 5.78 Å². The molecule has 0 spiro atoms. The standard InChI is InChI=1S/C8H7BrO4S2/c9-5-2-1-4-6(15(11,12)13)3-14-8(4)7(5)10/h3,5H,1-2H2,(H,11,12,13). The fourth-order valence-electron chi connectivity index (χ4n) is 1.57. The predicted octanol–water partition coefficient (Wildman–Crippen LogP) is 1.89. The van der Waals surface area contributed by atoms with Gasteiger partial charge in [0, 0.05) is 5.38 Å². The first-order valence-electron chi connectivity index (χ1n) is 4.17. The second-order valence-electron chi connectivity index (χ2n) is 3.25. The number of fused-ring (bicyclic) bond motifs is 1. The van der Waals surface area contributed by atoms with Crippen LogP contribution < -0.4 is 0 Å². The van der Waals surface area contributed by atoms with Gasteiger partial charge in [-0.25, -0.2) is 0 Å². The zero-order chi connectivity index (χ0) is 11.2. The first-order valence-corrected chi connectivity index (χ1v) is 7.41. The van der Waals surface area contributed by atoms with Crippen LogP contribution in [0.1, 0.15) is 21.7 Å². The monoisotopic (exact) mass is 310 g/mol. The van der Waals surface area contributed by atoms with Gasteiger partial charge in [0.2, 0.25) is 0 Å². The quantitative estimate of drug-likeness (QED) is 0.635. The third kappa shape index (κ3) is 1.89. The summed E-state index contributed by atoms with van der Waals surface area (Å²) >= 11 is 4.30. The molecule has 0 saturated heterocycles. The molecule has 0 aromatic carbocycles. The summed E-state index contributed by atoms with van der Waals surface area (Å²) in [4.78, 5) is 11.7. The van der Waals surface area contributed by atoms with Crippen LogP contribution in [0.4, 0.5) is 0 Å². The van der Waals surface area contributed by atoms with Crippen LogP contribution in [0.5, 0.6) is 0 Å². The number of hydrogen-bond acceptors (Lipinski definition) is 4. The van der Waals surface area contributed by atoms with Gasteiger partial charge in [-0.2, -0.15) is 8.42 Å². The molecule has 0 radical (unpaired) electrons. The minimum Gasteiger partial charge on any atom is -0.292 e. The molecule has 4 nitrogen and oxygen atoms in total. The Morgan fingerprint density at radius 2 is 2.20 bits per heavy atom. The molecular formula is C8H7BrO4S2. The van der Waals surface area contributed by atoms with Crippen LogP contribution in [0.2, 0.25) is 0 Å². The van der Waals surface area contributed by atoms with Gasteiger partial charge in [0.1, 0.15) is 4.90 Å². The highest BCUT2D eigenvalue weighted by atomic mass is 79.9. The van der Waals surface area contributed by atoms with E-state index in [4.69, 9.17) is 4.55 Å². The minimum absolute atomic E-state index is 0.101. The second-order valence-corrected chi connectivity index (χ2v) is 6.63. The molecule has 0 amide bonds. The number of Topliss-reactive ketones (excluding diaryl/α,β-unsaturated/α-hetero) is 1. The fourth-order valence-corrected chi connectivity index (χ4v) is 4.37. The molecule has 1 heterocycles. The maximum Gasteiger partial charge on any atom is 0.295 e. The number of rotatable bonds is 1. The molecule has 1 atom stereocenters. The SMILES string of the molecule is O=C1c2scc(S(=O)(=O)O)c2CCC1Br. The molecule has 1 unspecified atom stereocenters. The molecule has 0 fully saturated rings. The molecule has 0 bridgehead atoms. The van der Waals surface area contributed by atoms with Gasteiger partial charge < -0.3 is 0 Å². The number of carbonyl (C=O) groups is 1. The predicted molar refractivity (Wildman–Crippen MR) is 59.5 cm³/mol. The lowest BCUT2D eigenvalue weighted by Crippen LogP contribution is -2.21. The Hall–Kier alpha value is -0.240. The van der Waals surface area contributed by atoms with E-state index in [2.05, 4.69) is 15.9 Å². The summed E-state index contributed by atoms with van der Waals surface area (Å²) in [5.74, 6) is -0.101. The average Bonchev–Trinajstić information content (AvgIpc) is 2.54. The second kappa shape index (κ2) is 3.65. The molecule has 2 rings (SSSR count). The molecule has 15 heavy (non-hydrogen) atoms. The molecule has 1 aliphatic carbocycles. The molecule has 1 aliphatic rings. The highest BCUT2D eigenvalue weighted by Crippen LogP contribution is 2.34. The van der Waals surface area contributed by atoms with Crippen molar-refractivity contribution in [3.8, 4) is 0 Å². The van der Waals surface area contributed by atoms with Gasteiger partial charge in [-0.05, 0) is 18.4 Å². The molecule has 0 saturated carbocycles. The van der Waals surface area contributed by atoms with E-state index in [9.17, 15) is 13.2 Å². The number of ketones is 1. The van der Waals surface area contributed by atoms with Crippen molar-refractivity contribution in [3.63, 3.8) is 0 Å². The van der Waals surface area contributed by atoms with E-state index in [0.29, 0.717) is 23.3 Å². The maximum absolute atomic E-state index is 11.6. The maximum atomic E-state index is 11.6. The molecule has 7 heteroatoms. The van der Waals surface area contributed by atoms with E-state index in [1.54, 1.807) is 0 Å². The summed E-state index contributed by atoms with van der Waals surface area (Å²) < 4.78 is 30.9.